The first-order valence-electron chi connectivity index (χ1n) is 3.84. The number of hydrogen-bond donors (Lipinski definition) is 3. The third-order valence-corrected chi connectivity index (χ3v) is 2.52. The minimum absolute atomic E-state index is 0.0132. The van der Waals surface area contributed by atoms with E-state index in [9.17, 15) is 9.32 Å². The highest BCUT2D eigenvalue weighted by Gasteiger charge is 2.13. The standard InChI is InChI=1S/C7H13BO4S/c1-5(13(11)12)6(4-8)7(10)2-3-9/h7,9-10H,2-4H2,1H3,(H,11,12)/b6-5-/t7-/m0/s1. The second-order valence-corrected chi connectivity index (χ2v) is 3.67. The van der Waals surface area contributed by atoms with Gasteiger partial charge >= 0.3 is 0 Å². The lowest BCUT2D eigenvalue weighted by Gasteiger charge is -2.14. The molecule has 0 aromatic heterocycles. The molecule has 4 nitrogen and oxygen atoms in total. The normalized spacial score (nSPS) is 17.8. The van der Waals surface area contributed by atoms with E-state index in [1.165, 1.54) is 6.92 Å². The molecule has 0 bridgehead atoms. The monoisotopic (exact) mass is 204 g/mol. The molecule has 74 valence electrons. The van der Waals surface area contributed by atoms with Gasteiger partial charge in [0.05, 0.1) is 14.0 Å². The third kappa shape index (κ3) is 4.04. The quantitative estimate of drug-likeness (QED) is 0.428. The van der Waals surface area contributed by atoms with Gasteiger partial charge in [0.1, 0.15) is 0 Å². The molecule has 0 saturated carbocycles. The van der Waals surface area contributed by atoms with Crippen LogP contribution in [0.3, 0.4) is 0 Å². The van der Waals surface area contributed by atoms with Crippen LogP contribution < -0.4 is 0 Å². The van der Waals surface area contributed by atoms with E-state index in [1.54, 1.807) is 0 Å². The lowest BCUT2D eigenvalue weighted by Crippen LogP contribution is -2.15. The number of hydrogen-bond acceptors (Lipinski definition) is 3. The van der Waals surface area contributed by atoms with Crippen molar-refractivity contribution in [2.45, 2.75) is 25.8 Å². The van der Waals surface area contributed by atoms with Crippen LogP contribution in [0.1, 0.15) is 13.3 Å². The first-order chi connectivity index (χ1) is 6.04. The van der Waals surface area contributed by atoms with Crippen molar-refractivity contribution in [2.24, 2.45) is 0 Å². The van der Waals surface area contributed by atoms with Gasteiger partial charge in [-0.25, -0.2) is 4.21 Å². The predicted octanol–water partition coefficient (Wildman–Crippen LogP) is -0.188. The maximum atomic E-state index is 10.6. The van der Waals surface area contributed by atoms with E-state index in [0.29, 0.717) is 5.57 Å². The Bertz CT molecular complexity index is 217. The zero-order chi connectivity index (χ0) is 10.4. The maximum absolute atomic E-state index is 10.6. The number of allylic oxidation sites excluding steroid dienone is 1. The van der Waals surface area contributed by atoms with E-state index in [1.807, 2.05) is 0 Å². The van der Waals surface area contributed by atoms with E-state index >= 15 is 0 Å². The van der Waals surface area contributed by atoms with Crippen LogP contribution in [0.4, 0.5) is 0 Å². The molecule has 0 aliphatic heterocycles. The van der Waals surface area contributed by atoms with Crippen LogP contribution in [-0.2, 0) is 11.1 Å². The summed E-state index contributed by atoms with van der Waals surface area (Å²) < 4.78 is 19.4. The summed E-state index contributed by atoms with van der Waals surface area (Å²) in [6.45, 7) is 1.24. The molecule has 0 aromatic rings. The largest absolute Gasteiger partial charge is 0.396 e. The fraction of sp³-hybridized carbons (Fsp3) is 0.714. The van der Waals surface area contributed by atoms with Crippen molar-refractivity contribution in [3.8, 4) is 0 Å². The molecule has 13 heavy (non-hydrogen) atoms. The van der Waals surface area contributed by atoms with Crippen molar-refractivity contribution in [1.29, 1.82) is 0 Å². The Balaban J connectivity index is 4.65. The summed E-state index contributed by atoms with van der Waals surface area (Å²) in [5, 5.41) is 17.9. The van der Waals surface area contributed by atoms with E-state index in [2.05, 4.69) is 0 Å². The molecule has 0 amide bonds. The molecule has 2 atom stereocenters. The van der Waals surface area contributed by atoms with E-state index in [-0.39, 0.29) is 24.3 Å². The van der Waals surface area contributed by atoms with Crippen molar-refractivity contribution in [3.05, 3.63) is 10.5 Å². The second kappa shape index (κ2) is 6.31. The third-order valence-electron chi connectivity index (χ3n) is 1.74. The van der Waals surface area contributed by atoms with Gasteiger partial charge in [0.2, 0.25) is 0 Å². The molecule has 0 aliphatic carbocycles. The molecule has 0 spiro atoms. The molecule has 0 aromatic carbocycles. The average Bonchev–Trinajstić information content (AvgIpc) is 2.05. The molecule has 6 heteroatoms. The van der Waals surface area contributed by atoms with Gasteiger partial charge in [-0.2, -0.15) is 0 Å². The summed E-state index contributed by atoms with van der Waals surface area (Å²) in [4.78, 5) is 0.156. The molecule has 0 aliphatic rings. The average molecular weight is 204 g/mol. The van der Waals surface area contributed by atoms with Crippen LogP contribution >= 0.6 is 0 Å². The van der Waals surface area contributed by atoms with Gasteiger partial charge in [-0.3, -0.25) is 0 Å². The Morgan fingerprint density at radius 2 is 2.15 bits per heavy atom. The van der Waals surface area contributed by atoms with Crippen LogP contribution in [0.5, 0.6) is 0 Å². The molecule has 0 heterocycles. The first kappa shape index (κ1) is 12.8. The summed E-state index contributed by atoms with van der Waals surface area (Å²) in [7, 11) is 5.30. The van der Waals surface area contributed by atoms with Crippen molar-refractivity contribution in [3.63, 3.8) is 0 Å². The molecule has 0 fully saturated rings. The van der Waals surface area contributed by atoms with Gasteiger partial charge in [-0.15, -0.1) is 0 Å². The van der Waals surface area contributed by atoms with Gasteiger partial charge < -0.3 is 14.8 Å². The van der Waals surface area contributed by atoms with Crippen molar-refractivity contribution in [2.75, 3.05) is 6.61 Å². The van der Waals surface area contributed by atoms with E-state index < -0.39 is 17.2 Å². The Morgan fingerprint density at radius 3 is 2.46 bits per heavy atom. The minimum Gasteiger partial charge on any atom is -0.396 e. The summed E-state index contributed by atoms with van der Waals surface area (Å²) in [6, 6.07) is 0. The first-order valence-corrected chi connectivity index (χ1v) is 4.94. The van der Waals surface area contributed by atoms with Crippen molar-refractivity contribution < 1.29 is 19.0 Å². The zero-order valence-electron chi connectivity index (χ0n) is 7.43. The van der Waals surface area contributed by atoms with Crippen LogP contribution in [0.15, 0.2) is 10.5 Å². The second-order valence-electron chi connectivity index (χ2n) is 2.56. The van der Waals surface area contributed by atoms with Crippen LogP contribution in [0.2, 0.25) is 6.32 Å². The van der Waals surface area contributed by atoms with Gasteiger partial charge in [0.25, 0.3) is 0 Å². The summed E-state index contributed by atoms with van der Waals surface area (Å²) in [5.41, 5.74) is 0.315. The maximum Gasteiger partial charge on any atom is 0.182 e. The highest BCUT2D eigenvalue weighted by molar-refractivity contribution is 7.83. The lowest BCUT2D eigenvalue weighted by molar-refractivity contribution is 0.160. The smallest absolute Gasteiger partial charge is 0.182 e. The number of aliphatic hydroxyl groups is 2. The lowest BCUT2D eigenvalue weighted by atomic mass is 9.91. The Labute approximate surface area is 81.4 Å². The molecular formula is C7H13BO4S. The Kier molecular flexibility index (Phi) is 6.23. The molecular weight excluding hydrogens is 191 g/mol. The van der Waals surface area contributed by atoms with Gasteiger partial charge in [-0.05, 0) is 12.5 Å². The van der Waals surface area contributed by atoms with E-state index in [4.69, 9.17) is 17.5 Å². The van der Waals surface area contributed by atoms with E-state index in [0.717, 1.165) is 0 Å². The molecule has 1 unspecified atom stereocenters. The summed E-state index contributed by atoms with van der Waals surface area (Å²) in [6.07, 6.45) is -0.800. The molecule has 0 saturated heterocycles. The van der Waals surface area contributed by atoms with Crippen LogP contribution in [0.25, 0.3) is 0 Å². The number of aliphatic hydroxyl groups excluding tert-OH is 2. The van der Waals surface area contributed by atoms with Crippen LogP contribution in [0, 0.1) is 0 Å². The Hall–Kier alpha value is -0.165. The fourth-order valence-electron chi connectivity index (χ4n) is 0.923. The number of rotatable bonds is 5. The van der Waals surface area contributed by atoms with Gasteiger partial charge in [0, 0.05) is 17.9 Å². The highest BCUT2D eigenvalue weighted by Crippen LogP contribution is 2.16. The summed E-state index contributed by atoms with van der Waals surface area (Å²) in [5.74, 6) is 0. The minimum atomic E-state index is -2.11. The topological polar surface area (TPSA) is 77.8 Å². The van der Waals surface area contributed by atoms with Gasteiger partial charge in [0.15, 0.2) is 11.1 Å². The van der Waals surface area contributed by atoms with Crippen molar-refractivity contribution >= 4 is 18.9 Å². The van der Waals surface area contributed by atoms with Crippen molar-refractivity contribution in [1.82, 2.24) is 0 Å². The fourth-order valence-corrected chi connectivity index (χ4v) is 1.37. The predicted molar refractivity (Wildman–Crippen MR) is 51.7 cm³/mol. The molecule has 3 N–H and O–H groups in total. The molecule has 0 rings (SSSR count). The van der Waals surface area contributed by atoms with Crippen LogP contribution in [-0.4, -0.2) is 39.5 Å². The Morgan fingerprint density at radius 1 is 1.62 bits per heavy atom. The SMILES string of the molecule is [B]C/C(=C(\C)S(=O)O)[C@@H](O)CCO. The van der Waals surface area contributed by atoms with Gasteiger partial charge in [-0.1, -0.05) is 6.32 Å². The molecule has 2 radical (unpaired) electrons. The zero-order valence-corrected chi connectivity index (χ0v) is 8.25. The highest BCUT2D eigenvalue weighted by atomic mass is 32.2. The summed E-state index contributed by atoms with van der Waals surface area (Å²) >= 11 is -2.11.